The third-order valence-corrected chi connectivity index (χ3v) is 2.15. The van der Waals surface area contributed by atoms with Gasteiger partial charge in [-0.15, -0.1) is 6.42 Å². The molecule has 0 saturated carbocycles. The Balaban J connectivity index is 2.64. The van der Waals surface area contributed by atoms with E-state index in [1.54, 1.807) is 24.3 Å². The van der Waals surface area contributed by atoms with Crippen molar-refractivity contribution in [1.29, 1.82) is 0 Å². The Kier molecular flexibility index (Phi) is 4.76. The third kappa shape index (κ3) is 3.83. The van der Waals surface area contributed by atoms with Crippen LogP contribution in [0.1, 0.15) is 12.5 Å². The van der Waals surface area contributed by atoms with Gasteiger partial charge in [0.05, 0.1) is 0 Å². The molecule has 0 radical (unpaired) electrons. The van der Waals surface area contributed by atoms with Crippen LogP contribution in [-0.2, 0) is 9.53 Å². The summed E-state index contributed by atoms with van der Waals surface area (Å²) in [4.78, 5) is 22.6. The number of hydrogen-bond donors (Lipinski definition) is 2. The zero-order valence-corrected chi connectivity index (χ0v) is 10.2. The highest BCUT2D eigenvalue weighted by molar-refractivity contribution is 5.95. The second-order valence-corrected chi connectivity index (χ2v) is 3.51. The van der Waals surface area contributed by atoms with Gasteiger partial charge in [0.15, 0.2) is 6.10 Å². The van der Waals surface area contributed by atoms with E-state index in [2.05, 4.69) is 16.6 Å². The number of carbonyl (C=O) groups excluding carboxylic acids is 2. The molecule has 0 fully saturated rings. The minimum atomic E-state index is -0.889. The van der Waals surface area contributed by atoms with E-state index >= 15 is 0 Å². The summed E-state index contributed by atoms with van der Waals surface area (Å²) < 4.78 is 4.79. The maximum atomic E-state index is 11.7. The van der Waals surface area contributed by atoms with Crippen molar-refractivity contribution in [3.63, 3.8) is 0 Å². The standard InChI is InChI=1S/C13H14N2O3/c1-4-10-6-5-7-11(8-10)15-12(16)9(2)18-13(17)14-3/h1,5-9H,2-3H3,(H,14,17)(H,15,16). The fourth-order valence-corrected chi connectivity index (χ4v) is 1.20. The molecule has 2 N–H and O–H groups in total. The van der Waals surface area contributed by atoms with Crippen molar-refractivity contribution in [3.05, 3.63) is 29.8 Å². The summed E-state index contributed by atoms with van der Waals surface area (Å²) in [6.45, 7) is 1.48. The first-order valence-corrected chi connectivity index (χ1v) is 5.32. The Hall–Kier alpha value is -2.48. The molecule has 0 heterocycles. The van der Waals surface area contributed by atoms with E-state index < -0.39 is 18.1 Å². The fraction of sp³-hybridized carbons (Fsp3) is 0.231. The molecule has 1 aromatic rings. The van der Waals surface area contributed by atoms with Crippen LogP contribution in [0.5, 0.6) is 0 Å². The van der Waals surface area contributed by atoms with Gasteiger partial charge in [-0.25, -0.2) is 4.79 Å². The molecular weight excluding hydrogens is 232 g/mol. The molecule has 2 amide bonds. The van der Waals surface area contributed by atoms with E-state index in [0.29, 0.717) is 11.3 Å². The van der Waals surface area contributed by atoms with Gasteiger partial charge in [-0.3, -0.25) is 4.79 Å². The molecule has 0 aliphatic heterocycles. The maximum absolute atomic E-state index is 11.7. The predicted molar refractivity (Wildman–Crippen MR) is 68.0 cm³/mol. The average molecular weight is 246 g/mol. The van der Waals surface area contributed by atoms with Crippen LogP contribution < -0.4 is 10.6 Å². The second-order valence-electron chi connectivity index (χ2n) is 3.51. The molecule has 0 aliphatic carbocycles. The van der Waals surface area contributed by atoms with Crippen molar-refractivity contribution in [3.8, 4) is 12.3 Å². The maximum Gasteiger partial charge on any atom is 0.407 e. The van der Waals surface area contributed by atoms with E-state index in [1.165, 1.54) is 14.0 Å². The van der Waals surface area contributed by atoms with Crippen LogP contribution in [-0.4, -0.2) is 25.2 Å². The molecule has 1 unspecified atom stereocenters. The largest absolute Gasteiger partial charge is 0.436 e. The Morgan fingerprint density at radius 1 is 1.44 bits per heavy atom. The zero-order valence-electron chi connectivity index (χ0n) is 10.2. The van der Waals surface area contributed by atoms with Gasteiger partial charge >= 0.3 is 6.09 Å². The lowest BCUT2D eigenvalue weighted by atomic mass is 10.2. The summed E-state index contributed by atoms with van der Waals surface area (Å²) in [5.74, 6) is 2.04. The number of carbonyl (C=O) groups is 2. The summed E-state index contributed by atoms with van der Waals surface area (Å²) >= 11 is 0. The lowest BCUT2D eigenvalue weighted by Crippen LogP contribution is -2.33. The highest BCUT2D eigenvalue weighted by atomic mass is 16.6. The van der Waals surface area contributed by atoms with Crippen LogP contribution >= 0.6 is 0 Å². The number of alkyl carbamates (subject to hydrolysis) is 1. The molecule has 0 spiro atoms. The quantitative estimate of drug-likeness (QED) is 0.791. The number of nitrogens with one attached hydrogen (secondary N) is 2. The number of hydrogen-bond acceptors (Lipinski definition) is 3. The van der Waals surface area contributed by atoms with Crippen LogP contribution in [0.25, 0.3) is 0 Å². The summed E-state index contributed by atoms with van der Waals surface area (Å²) in [5, 5.41) is 4.87. The normalized spacial score (nSPS) is 10.9. The molecule has 0 aliphatic rings. The van der Waals surface area contributed by atoms with E-state index in [9.17, 15) is 9.59 Å². The number of anilines is 1. The number of rotatable bonds is 3. The first-order valence-electron chi connectivity index (χ1n) is 5.32. The van der Waals surface area contributed by atoms with E-state index in [1.807, 2.05) is 0 Å². The van der Waals surface area contributed by atoms with Gasteiger partial charge in [0.1, 0.15) is 0 Å². The molecule has 18 heavy (non-hydrogen) atoms. The van der Waals surface area contributed by atoms with Crippen LogP contribution in [0, 0.1) is 12.3 Å². The van der Waals surface area contributed by atoms with Crippen LogP contribution in [0.3, 0.4) is 0 Å². The highest BCUT2D eigenvalue weighted by Gasteiger charge is 2.16. The molecule has 5 nitrogen and oxygen atoms in total. The second kappa shape index (κ2) is 6.30. The average Bonchev–Trinajstić information content (AvgIpc) is 2.38. The van der Waals surface area contributed by atoms with Gasteiger partial charge in [0, 0.05) is 18.3 Å². The van der Waals surface area contributed by atoms with Gasteiger partial charge in [-0.1, -0.05) is 12.0 Å². The predicted octanol–water partition coefficient (Wildman–Crippen LogP) is 1.35. The molecule has 1 aromatic carbocycles. The van der Waals surface area contributed by atoms with E-state index in [4.69, 9.17) is 11.2 Å². The summed E-state index contributed by atoms with van der Waals surface area (Å²) in [7, 11) is 1.42. The zero-order chi connectivity index (χ0) is 13.5. The summed E-state index contributed by atoms with van der Waals surface area (Å²) in [6.07, 6.45) is 3.71. The van der Waals surface area contributed by atoms with E-state index in [0.717, 1.165) is 0 Å². The summed E-state index contributed by atoms with van der Waals surface area (Å²) in [5.41, 5.74) is 1.22. The van der Waals surface area contributed by atoms with Crippen molar-refractivity contribution < 1.29 is 14.3 Å². The van der Waals surface area contributed by atoms with Gasteiger partial charge in [0.25, 0.3) is 5.91 Å². The van der Waals surface area contributed by atoms with Gasteiger partial charge < -0.3 is 15.4 Å². The number of terminal acetylenes is 1. The number of ether oxygens (including phenoxy) is 1. The first kappa shape index (κ1) is 13.6. The third-order valence-electron chi connectivity index (χ3n) is 2.15. The minimum Gasteiger partial charge on any atom is -0.436 e. The first-order chi connectivity index (χ1) is 8.56. The van der Waals surface area contributed by atoms with Gasteiger partial charge in [-0.2, -0.15) is 0 Å². The fourth-order valence-electron chi connectivity index (χ4n) is 1.20. The van der Waals surface area contributed by atoms with Crippen LogP contribution in [0.15, 0.2) is 24.3 Å². The van der Waals surface area contributed by atoms with Crippen LogP contribution in [0.2, 0.25) is 0 Å². The Morgan fingerprint density at radius 3 is 2.78 bits per heavy atom. The monoisotopic (exact) mass is 246 g/mol. The lowest BCUT2D eigenvalue weighted by Gasteiger charge is -2.13. The number of benzene rings is 1. The summed E-state index contributed by atoms with van der Waals surface area (Å²) in [6, 6.07) is 6.84. The van der Waals surface area contributed by atoms with Crippen molar-refractivity contribution in [2.45, 2.75) is 13.0 Å². The topological polar surface area (TPSA) is 67.4 Å². The molecule has 1 atom stereocenters. The Bertz CT molecular complexity index is 491. The molecule has 0 aromatic heterocycles. The smallest absolute Gasteiger partial charge is 0.407 e. The van der Waals surface area contributed by atoms with Gasteiger partial charge in [0.2, 0.25) is 0 Å². The Morgan fingerprint density at radius 2 is 2.17 bits per heavy atom. The molecule has 5 heteroatoms. The van der Waals surface area contributed by atoms with Crippen molar-refractivity contribution in [2.75, 3.05) is 12.4 Å². The SMILES string of the molecule is C#Cc1cccc(NC(=O)C(C)OC(=O)NC)c1. The molecular formula is C13H14N2O3. The van der Waals surface area contributed by atoms with Crippen molar-refractivity contribution >= 4 is 17.7 Å². The van der Waals surface area contributed by atoms with Gasteiger partial charge in [-0.05, 0) is 25.1 Å². The number of amides is 2. The molecule has 1 rings (SSSR count). The minimum absolute atomic E-state index is 0.423. The molecule has 94 valence electrons. The van der Waals surface area contributed by atoms with Crippen molar-refractivity contribution in [1.82, 2.24) is 5.32 Å². The molecule has 0 bridgehead atoms. The van der Waals surface area contributed by atoms with Crippen molar-refractivity contribution in [2.24, 2.45) is 0 Å². The van der Waals surface area contributed by atoms with E-state index in [-0.39, 0.29) is 0 Å². The lowest BCUT2D eigenvalue weighted by molar-refractivity contribution is -0.123. The van der Waals surface area contributed by atoms with Crippen LogP contribution in [0.4, 0.5) is 10.5 Å². The molecule has 0 saturated heterocycles. The highest BCUT2D eigenvalue weighted by Crippen LogP contribution is 2.10. The Labute approximate surface area is 106 Å².